The quantitative estimate of drug-likeness (QED) is 0.0285. The molecule has 52 heavy (non-hydrogen) atoms. The molecule has 0 amide bonds. The zero-order chi connectivity index (χ0) is 38.1. The second-order valence-corrected chi connectivity index (χ2v) is 13.5. The molecule has 0 saturated heterocycles. The van der Waals surface area contributed by atoms with Gasteiger partial charge in [-0.2, -0.15) is 0 Å². The van der Waals surface area contributed by atoms with Crippen molar-refractivity contribution in [2.75, 3.05) is 33.0 Å². The number of rotatable bonds is 35. The molecule has 3 N–H and O–H groups in total. The lowest BCUT2D eigenvalue weighted by Crippen LogP contribution is -2.28. The van der Waals surface area contributed by atoms with Crippen LogP contribution in [-0.2, 0) is 27.9 Å². The number of phosphoric ester groups is 1. The highest BCUT2D eigenvalue weighted by Gasteiger charge is 2.25. The molecule has 0 aliphatic rings. The maximum Gasteiger partial charge on any atom is 0.472 e. The number of carbonyl (C=O) groups excluding carboxylic acids is 1. The molecule has 0 aliphatic carbocycles. The lowest BCUT2D eigenvalue weighted by molar-refractivity contribution is -0.154. The molecule has 8 nitrogen and oxygen atoms in total. The molecule has 0 radical (unpaired) electrons. The van der Waals surface area contributed by atoms with Crippen molar-refractivity contribution < 1.29 is 32.8 Å². The van der Waals surface area contributed by atoms with Crippen LogP contribution in [0.5, 0.6) is 0 Å². The van der Waals surface area contributed by atoms with Crippen LogP contribution < -0.4 is 5.73 Å². The van der Waals surface area contributed by atoms with Crippen LogP contribution in [0.25, 0.3) is 0 Å². The number of hydrogen-bond acceptors (Lipinski definition) is 7. The molecule has 0 heterocycles. The van der Waals surface area contributed by atoms with E-state index >= 15 is 0 Å². The molecule has 9 heteroatoms. The Kier molecular flexibility index (Phi) is 37.2. The Morgan fingerprint density at radius 3 is 1.48 bits per heavy atom. The zero-order valence-electron chi connectivity index (χ0n) is 32.2. The van der Waals surface area contributed by atoms with Crippen molar-refractivity contribution >= 4 is 13.8 Å². The van der Waals surface area contributed by atoms with Gasteiger partial charge in [-0.15, -0.1) is 0 Å². The first-order valence-electron chi connectivity index (χ1n) is 19.4. The van der Waals surface area contributed by atoms with Gasteiger partial charge in [-0.1, -0.05) is 130 Å². The molecule has 2 atom stereocenters. The Balaban J connectivity index is 4.27. The normalized spacial score (nSPS) is 14.8. The fourth-order valence-corrected chi connectivity index (χ4v) is 5.20. The van der Waals surface area contributed by atoms with E-state index in [0.29, 0.717) is 13.0 Å². The van der Waals surface area contributed by atoms with Crippen molar-refractivity contribution in [3.63, 3.8) is 0 Å². The molecule has 0 spiro atoms. The van der Waals surface area contributed by atoms with Crippen LogP contribution in [0.3, 0.4) is 0 Å². The van der Waals surface area contributed by atoms with E-state index in [1.165, 1.54) is 0 Å². The van der Waals surface area contributed by atoms with Crippen molar-refractivity contribution in [3.05, 3.63) is 109 Å². The van der Waals surface area contributed by atoms with E-state index in [4.69, 9.17) is 24.3 Å². The van der Waals surface area contributed by atoms with Crippen molar-refractivity contribution in [2.45, 2.75) is 123 Å². The Hall–Kier alpha value is -2.84. The predicted octanol–water partition coefficient (Wildman–Crippen LogP) is 11.3. The Morgan fingerprint density at radius 1 is 0.577 bits per heavy atom. The van der Waals surface area contributed by atoms with Crippen molar-refractivity contribution in [2.24, 2.45) is 5.73 Å². The first-order valence-corrected chi connectivity index (χ1v) is 20.9. The molecule has 2 unspecified atom stereocenters. The number of carbonyl (C=O) groups is 1. The number of unbranched alkanes of at least 4 members (excludes halogenated alkanes) is 4. The average molecular weight is 744 g/mol. The SMILES string of the molecule is CC/C=C\C/C=C\C/C=C\C/C=C\C/C=C\C/C=C\CCCOCC(COP(=O)(O)OCCN)OC(=O)CCCCC/C=C\C/C=C\C/C=C\CC. The van der Waals surface area contributed by atoms with Gasteiger partial charge in [-0.3, -0.25) is 13.8 Å². The predicted molar refractivity (Wildman–Crippen MR) is 219 cm³/mol. The highest BCUT2D eigenvalue weighted by atomic mass is 31.2. The summed E-state index contributed by atoms with van der Waals surface area (Å²) in [7, 11) is -4.30. The van der Waals surface area contributed by atoms with Crippen LogP contribution in [0, 0.1) is 0 Å². The highest BCUT2D eigenvalue weighted by molar-refractivity contribution is 7.47. The van der Waals surface area contributed by atoms with Gasteiger partial charge in [0.25, 0.3) is 0 Å². The molecule has 0 aromatic carbocycles. The maximum atomic E-state index is 12.5. The standard InChI is InChI=1S/C43H70NO7P/c1-3-5-7-9-11-13-15-17-18-19-20-21-22-23-25-27-29-31-33-35-38-48-40-42(41-50-52(46,47)49-39-37-44)51-43(45)36-34-32-30-28-26-24-16-14-12-10-8-6-4-2/h5-8,11-14,17-18,20-21,23-26,29,31,42H,3-4,9-10,15-16,19,22,27-28,30,32-41,44H2,1-2H3,(H,46,47)/b7-5-,8-6-,13-11-,14-12-,18-17-,21-20-,25-23-,26-24-,31-29-. The largest absolute Gasteiger partial charge is 0.472 e. The molecule has 0 saturated carbocycles. The van der Waals surface area contributed by atoms with E-state index in [1.54, 1.807) is 0 Å². The number of phosphoric acid groups is 1. The summed E-state index contributed by atoms with van der Waals surface area (Å²) in [5.41, 5.74) is 5.35. The van der Waals surface area contributed by atoms with Gasteiger partial charge in [0.15, 0.2) is 0 Å². The summed E-state index contributed by atoms with van der Waals surface area (Å²) >= 11 is 0. The first-order chi connectivity index (χ1) is 25.4. The van der Waals surface area contributed by atoms with Gasteiger partial charge in [0, 0.05) is 19.6 Å². The third-order valence-electron chi connectivity index (χ3n) is 7.19. The minimum absolute atomic E-state index is 0.0561. The average Bonchev–Trinajstić information content (AvgIpc) is 3.13. The topological polar surface area (TPSA) is 117 Å². The number of esters is 1. The van der Waals surface area contributed by atoms with E-state index in [-0.39, 0.29) is 38.8 Å². The maximum absolute atomic E-state index is 12.5. The molecular formula is C43H70NO7P. The van der Waals surface area contributed by atoms with Gasteiger partial charge in [-0.25, -0.2) is 4.57 Å². The molecule has 294 valence electrons. The third kappa shape index (κ3) is 38.4. The summed E-state index contributed by atoms with van der Waals surface area (Å²) < 4.78 is 33.2. The van der Waals surface area contributed by atoms with Crippen LogP contribution in [0.15, 0.2) is 109 Å². The van der Waals surface area contributed by atoms with E-state index in [9.17, 15) is 14.3 Å². The van der Waals surface area contributed by atoms with E-state index in [2.05, 4.69) is 123 Å². The van der Waals surface area contributed by atoms with Crippen LogP contribution >= 0.6 is 7.82 Å². The summed E-state index contributed by atoms with van der Waals surface area (Å²) in [6.07, 6.45) is 52.6. The van der Waals surface area contributed by atoms with Crippen molar-refractivity contribution in [1.82, 2.24) is 0 Å². The van der Waals surface area contributed by atoms with Gasteiger partial charge in [0.05, 0.1) is 19.8 Å². The van der Waals surface area contributed by atoms with Gasteiger partial charge >= 0.3 is 13.8 Å². The fraction of sp³-hybridized carbons (Fsp3) is 0.558. The van der Waals surface area contributed by atoms with Crippen LogP contribution in [0.4, 0.5) is 0 Å². The molecular weight excluding hydrogens is 673 g/mol. The lowest BCUT2D eigenvalue weighted by Gasteiger charge is -2.20. The van der Waals surface area contributed by atoms with Crippen molar-refractivity contribution in [1.29, 1.82) is 0 Å². The number of hydrogen-bond donors (Lipinski definition) is 2. The van der Waals surface area contributed by atoms with E-state index < -0.39 is 13.9 Å². The molecule has 0 aromatic heterocycles. The highest BCUT2D eigenvalue weighted by Crippen LogP contribution is 2.43. The van der Waals surface area contributed by atoms with Crippen LogP contribution in [0.1, 0.15) is 117 Å². The monoisotopic (exact) mass is 743 g/mol. The molecule has 0 aromatic rings. The smallest absolute Gasteiger partial charge is 0.457 e. The van der Waals surface area contributed by atoms with Gasteiger partial charge < -0.3 is 20.1 Å². The van der Waals surface area contributed by atoms with Gasteiger partial charge in [0.1, 0.15) is 6.10 Å². The van der Waals surface area contributed by atoms with Crippen LogP contribution in [-0.4, -0.2) is 49.9 Å². The van der Waals surface area contributed by atoms with Gasteiger partial charge in [-0.05, 0) is 89.9 Å². The first kappa shape index (κ1) is 49.2. The minimum Gasteiger partial charge on any atom is -0.457 e. The zero-order valence-corrected chi connectivity index (χ0v) is 33.1. The minimum atomic E-state index is -4.30. The molecule has 0 rings (SSSR count). The summed E-state index contributed by atoms with van der Waals surface area (Å²) in [5.74, 6) is -0.386. The third-order valence-corrected chi connectivity index (χ3v) is 8.17. The molecule has 0 fully saturated rings. The second kappa shape index (κ2) is 39.4. The number of allylic oxidation sites excluding steroid dienone is 18. The van der Waals surface area contributed by atoms with Gasteiger partial charge in [0.2, 0.25) is 0 Å². The summed E-state index contributed by atoms with van der Waals surface area (Å²) in [4.78, 5) is 22.4. The number of ether oxygens (including phenoxy) is 2. The molecule has 0 bridgehead atoms. The fourth-order valence-electron chi connectivity index (χ4n) is 4.44. The Morgan fingerprint density at radius 2 is 1.02 bits per heavy atom. The molecule has 0 aliphatic heterocycles. The Labute approximate surface area is 316 Å². The summed E-state index contributed by atoms with van der Waals surface area (Å²) in [6, 6.07) is 0. The lowest BCUT2D eigenvalue weighted by atomic mass is 10.1. The van der Waals surface area contributed by atoms with Crippen molar-refractivity contribution in [3.8, 4) is 0 Å². The van der Waals surface area contributed by atoms with E-state index in [1.807, 2.05) is 0 Å². The summed E-state index contributed by atoms with van der Waals surface area (Å²) in [6.45, 7) is 4.44. The number of nitrogens with two attached hydrogens (primary N) is 1. The van der Waals surface area contributed by atoms with E-state index in [0.717, 1.165) is 89.9 Å². The summed E-state index contributed by atoms with van der Waals surface area (Å²) in [5, 5.41) is 0. The second-order valence-electron chi connectivity index (χ2n) is 12.0. The Bertz CT molecular complexity index is 1150. The van der Waals surface area contributed by atoms with Crippen LogP contribution in [0.2, 0.25) is 0 Å².